The third-order valence-corrected chi connectivity index (χ3v) is 3.76. The minimum Gasteiger partial charge on any atom is -0.376 e. The highest BCUT2D eigenvalue weighted by Crippen LogP contribution is 2.28. The molecule has 0 spiro atoms. The zero-order valence-electron chi connectivity index (χ0n) is 11.8. The lowest BCUT2D eigenvalue weighted by atomic mass is 10.1. The van der Waals surface area contributed by atoms with Crippen LogP contribution in [0, 0.1) is 0 Å². The molecule has 4 heteroatoms. The fourth-order valence-corrected chi connectivity index (χ4v) is 2.43. The molecule has 1 atom stereocenters. The molecular weight excluding hydrogens is 306 g/mol. The summed E-state index contributed by atoms with van der Waals surface area (Å²) in [7, 11) is 0. The molecule has 1 fully saturated rings. The molecule has 0 aliphatic carbocycles. The number of halogens is 1. The van der Waals surface area contributed by atoms with Gasteiger partial charge >= 0.3 is 0 Å². The monoisotopic (exact) mass is 327 g/mol. The van der Waals surface area contributed by atoms with Crippen molar-refractivity contribution < 1.29 is 9.47 Å². The van der Waals surface area contributed by atoms with Crippen LogP contribution in [0.3, 0.4) is 0 Å². The van der Waals surface area contributed by atoms with Crippen LogP contribution in [0.4, 0.5) is 0 Å². The van der Waals surface area contributed by atoms with Crippen molar-refractivity contribution in [3.05, 3.63) is 34.3 Å². The lowest BCUT2D eigenvalue weighted by Crippen LogP contribution is -2.43. The Morgan fingerprint density at radius 2 is 2.05 bits per heavy atom. The number of benzene rings is 1. The van der Waals surface area contributed by atoms with Crippen molar-refractivity contribution in [3.8, 4) is 0 Å². The van der Waals surface area contributed by atoms with Gasteiger partial charge in [-0.05, 0) is 32.4 Å². The molecule has 0 aromatic heterocycles. The van der Waals surface area contributed by atoms with Crippen LogP contribution in [-0.2, 0) is 9.47 Å². The van der Waals surface area contributed by atoms with Crippen molar-refractivity contribution in [2.45, 2.75) is 38.5 Å². The summed E-state index contributed by atoms with van der Waals surface area (Å²) in [6, 6.07) is 8.23. The maximum atomic E-state index is 6.13. The van der Waals surface area contributed by atoms with E-state index < -0.39 is 0 Å². The molecule has 0 saturated carbocycles. The van der Waals surface area contributed by atoms with E-state index in [-0.39, 0.29) is 17.7 Å². The van der Waals surface area contributed by atoms with Gasteiger partial charge in [0.2, 0.25) is 0 Å². The van der Waals surface area contributed by atoms with Gasteiger partial charge < -0.3 is 14.8 Å². The van der Waals surface area contributed by atoms with Crippen molar-refractivity contribution in [1.82, 2.24) is 5.32 Å². The molecule has 0 bridgehead atoms. The van der Waals surface area contributed by atoms with Crippen LogP contribution in [0.25, 0.3) is 0 Å². The Morgan fingerprint density at radius 3 is 2.58 bits per heavy atom. The second kappa shape index (κ2) is 6.35. The van der Waals surface area contributed by atoms with Crippen molar-refractivity contribution >= 4 is 15.9 Å². The summed E-state index contributed by atoms with van der Waals surface area (Å²) >= 11 is 3.61. The average Bonchev–Trinajstić information content (AvgIpc) is 2.27. The van der Waals surface area contributed by atoms with Crippen molar-refractivity contribution in [3.63, 3.8) is 0 Å². The van der Waals surface area contributed by atoms with E-state index in [0.29, 0.717) is 13.2 Å². The van der Waals surface area contributed by atoms with Crippen LogP contribution in [0.5, 0.6) is 0 Å². The Labute approximate surface area is 123 Å². The first kappa shape index (κ1) is 15.0. The number of hydrogen-bond donors (Lipinski definition) is 1. The summed E-state index contributed by atoms with van der Waals surface area (Å²) in [6.07, 6.45) is 0.266. The predicted molar refractivity (Wildman–Crippen MR) is 80.3 cm³/mol. The molecule has 19 heavy (non-hydrogen) atoms. The number of nitrogens with one attached hydrogen (secondary N) is 1. The van der Waals surface area contributed by atoms with Gasteiger partial charge in [0.25, 0.3) is 0 Å². The molecule has 106 valence electrons. The Morgan fingerprint density at radius 1 is 1.37 bits per heavy atom. The van der Waals surface area contributed by atoms with Gasteiger partial charge in [-0.3, -0.25) is 0 Å². The Bertz CT molecular complexity index is 413. The highest BCUT2D eigenvalue weighted by atomic mass is 79.9. The number of hydrogen-bond acceptors (Lipinski definition) is 3. The minimum absolute atomic E-state index is 0.0451. The normalized spacial score (nSPS) is 18.1. The van der Waals surface area contributed by atoms with Crippen LogP contribution in [0.15, 0.2) is 28.7 Å². The smallest absolute Gasteiger partial charge is 0.105 e. The second-order valence-electron chi connectivity index (χ2n) is 5.94. The highest BCUT2D eigenvalue weighted by molar-refractivity contribution is 9.10. The van der Waals surface area contributed by atoms with Crippen LogP contribution in [0.2, 0.25) is 0 Å². The summed E-state index contributed by atoms with van der Waals surface area (Å²) in [6.45, 7) is 8.69. The van der Waals surface area contributed by atoms with E-state index in [0.717, 1.165) is 11.0 Å². The van der Waals surface area contributed by atoms with Gasteiger partial charge in [0.05, 0.1) is 19.3 Å². The number of rotatable bonds is 5. The largest absolute Gasteiger partial charge is 0.376 e. The summed E-state index contributed by atoms with van der Waals surface area (Å²) in [5, 5.41) is 3.51. The number of ether oxygens (including phenoxy) is 2. The van der Waals surface area contributed by atoms with Gasteiger partial charge in [-0.25, -0.2) is 0 Å². The van der Waals surface area contributed by atoms with E-state index in [1.165, 1.54) is 5.56 Å². The first-order valence-corrected chi connectivity index (χ1v) is 7.48. The van der Waals surface area contributed by atoms with Gasteiger partial charge in [0.1, 0.15) is 6.10 Å². The molecule has 0 amide bonds. The van der Waals surface area contributed by atoms with Gasteiger partial charge in [0.15, 0.2) is 0 Å². The SMILES string of the molecule is CC(C)(C)NCC(OC1COC1)c1ccccc1Br. The molecule has 1 unspecified atom stereocenters. The molecule has 2 rings (SSSR count). The Kier molecular flexibility index (Phi) is 5.01. The van der Waals surface area contributed by atoms with E-state index >= 15 is 0 Å². The van der Waals surface area contributed by atoms with Crippen molar-refractivity contribution in [2.24, 2.45) is 0 Å². The quantitative estimate of drug-likeness (QED) is 0.900. The molecule has 1 N–H and O–H groups in total. The highest BCUT2D eigenvalue weighted by Gasteiger charge is 2.26. The zero-order valence-corrected chi connectivity index (χ0v) is 13.4. The molecule has 1 heterocycles. The summed E-state index contributed by atoms with van der Waals surface area (Å²) in [4.78, 5) is 0. The Balaban J connectivity index is 2.06. The van der Waals surface area contributed by atoms with Crippen LogP contribution in [0.1, 0.15) is 32.4 Å². The molecule has 3 nitrogen and oxygen atoms in total. The first-order valence-electron chi connectivity index (χ1n) is 6.68. The van der Waals surface area contributed by atoms with Gasteiger partial charge in [-0.15, -0.1) is 0 Å². The van der Waals surface area contributed by atoms with Gasteiger partial charge in [0, 0.05) is 16.6 Å². The van der Waals surface area contributed by atoms with E-state index in [4.69, 9.17) is 9.47 Å². The summed E-state index contributed by atoms with van der Waals surface area (Å²) in [5.74, 6) is 0. The van der Waals surface area contributed by atoms with Crippen LogP contribution < -0.4 is 5.32 Å². The lowest BCUT2D eigenvalue weighted by Gasteiger charge is -2.33. The molecule has 1 aliphatic rings. The fraction of sp³-hybridized carbons (Fsp3) is 0.600. The Hall–Kier alpha value is -0.420. The van der Waals surface area contributed by atoms with Crippen LogP contribution >= 0.6 is 15.9 Å². The topological polar surface area (TPSA) is 30.5 Å². The minimum atomic E-state index is 0.0451. The molecule has 1 saturated heterocycles. The predicted octanol–water partition coefficient (Wildman–Crippen LogP) is 3.29. The maximum Gasteiger partial charge on any atom is 0.105 e. The maximum absolute atomic E-state index is 6.13. The van der Waals surface area contributed by atoms with E-state index in [2.05, 4.69) is 54.2 Å². The zero-order chi connectivity index (χ0) is 13.9. The van der Waals surface area contributed by atoms with E-state index in [1.54, 1.807) is 0 Å². The standard InChI is InChI=1S/C15H22BrNO2/c1-15(2,3)17-8-14(19-11-9-18-10-11)12-6-4-5-7-13(12)16/h4-7,11,14,17H,8-10H2,1-3H3. The molecule has 0 radical (unpaired) electrons. The fourth-order valence-electron chi connectivity index (χ4n) is 1.89. The molecular formula is C15H22BrNO2. The summed E-state index contributed by atoms with van der Waals surface area (Å²) in [5.41, 5.74) is 1.27. The summed E-state index contributed by atoms with van der Waals surface area (Å²) < 4.78 is 12.4. The third-order valence-electron chi connectivity index (χ3n) is 3.03. The van der Waals surface area contributed by atoms with E-state index in [9.17, 15) is 0 Å². The second-order valence-corrected chi connectivity index (χ2v) is 6.79. The average molecular weight is 328 g/mol. The van der Waals surface area contributed by atoms with Gasteiger partial charge in [-0.1, -0.05) is 34.1 Å². The van der Waals surface area contributed by atoms with Gasteiger partial charge in [-0.2, -0.15) is 0 Å². The first-order chi connectivity index (χ1) is 8.96. The van der Waals surface area contributed by atoms with E-state index in [1.807, 2.05) is 12.1 Å². The van der Waals surface area contributed by atoms with Crippen molar-refractivity contribution in [1.29, 1.82) is 0 Å². The molecule has 1 aliphatic heterocycles. The lowest BCUT2D eigenvalue weighted by molar-refractivity contribution is -0.155. The van der Waals surface area contributed by atoms with Crippen LogP contribution in [-0.4, -0.2) is 31.4 Å². The van der Waals surface area contributed by atoms with Crippen molar-refractivity contribution in [2.75, 3.05) is 19.8 Å². The molecule has 1 aromatic rings. The molecule has 1 aromatic carbocycles. The third kappa shape index (κ3) is 4.56.